The van der Waals surface area contributed by atoms with Crippen molar-refractivity contribution in [2.24, 2.45) is 4.99 Å². The van der Waals surface area contributed by atoms with Crippen LogP contribution in [-0.4, -0.2) is 51.2 Å². The van der Waals surface area contributed by atoms with Crippen molar-refractivity contribution in [3.63, 3.8) is 0 Å². The van der Waals surface area contributed by atoms with Crippen molar-refractivity contribution in [3.8, 4) is 0 Å². The Morgan fingerprint density at radius 3 is 2.76 bits per heavy atom. The number of rotatable bonds is 6. The predicted octanol–water partition coefficient (Wildman–Crippen LogP) is 1.42. The zero-order valence-electron chi connectivity index (χ0n) is 17.8. The standard InChI is InChI=1S/C22H22N4O6S/c1-14(23-21-17-8-2-3-9-18(17)33(30,31)25-21)22(29)32-13-19(27)24-15-6-4-7-16(12-15)26-11-5-10-20(26)28/h2-4,6-9,12,14H,5,10-11,13H2,1H3,(H,23,25)(H,24,27)/t14-/m0/s1. The van der Waals surface area contributed by atoms with Gasteiger partial charge in [-0.25, -0.2) is 13.2 Å². The summed E-state index contributed by atoms with van der Waals surface area (Å²) in [5, 5.41) is 2.63. The van der Waals surface area contributed by atoms with Crippen LogP contribution >= 0.6 is 0 Å². The van der Waals surface area contributed by atoms with Gasteiger partial charge in [-0.1, -0.05) is 18.2 Å². The van der Waals surface area contributed by atoms with Crippen LogP contribution in [0.4, 0.5) is 11.4 Å². The van der Waals surface area contributed by atoms with Gasteiger partial charge in [0.25, 0.3) is 15.9 Å². The molecule has 10 nitrogen and oxygen atoms in total. The second-order valence-electron chi connectivity index (χ2n) is 7.61. The highest BCUT2D eigenvalue weighted by molar-refractivity contribution is 7.90. The van der Waals surface area contributed by atoms with Crippen LogP contribution in [-0.2, 0) is 29.1 Å². The van der Waals surface area contributed by atoms with E-state index in [-0.39, 0.29) is 16.6 Å². The van der Waals surface area contributed by atoms with Crippen molar-refractivity contribution < 1.29 is 27.5 Å². The molecule has 2 N–H and O–H groups in total. The number of hydrogen-bond acceptors (Lipinski definition) is 7. The number of amidine groups is 1. The lowest BCUT2D eigenvalue weighted by molar-refractivity contribution is -0.148. The number of amides is 2. The number of carbonyl (C=O) groups excluding carboxylic acids is 3. The molecule has 1 atom stereocenters. The topological polar surface area (TPSA) is 134 Å². The first-order valence-electron chi connectivity index (χ1n) is 10.3. The van der Waals surface area contributed by atoms with Gasteiger partial charge >= 0.3 is 5.97 Å². The number of anilines is 2. The van der Waals surface area contributed by atoms with E-state index in [1.54, 1.807) is 47.4 Å². The summed E-state index contributed by atoms with van der Waals surface area (Å²) in [5.74, 6) is -1.25. The number of hydrogen-bond donors (Lipinski definition) is 2. The Balaban J connectivity index is 1.34. The number of esters is 1. The smallest absolute Gasteiger partial charge is 0.331 e. The highest BCUT2D eigenvalue weighted by atomic mass is 32.2. The quantitative estimate of drug-likeness (QED) is 0.614. The Morgan fingerprint density at radius 1 is 1.21 bits per heavy atom. The van der Waals surface area contributed by atoms with Gasteiger partial charge in [-0.3, -0.25) is 19.3 Å². The summed E-state index contributed by atoms with van der Waals surface area (Å²) in [4.78, 5) is 42.3. The molecule has 2 aromatic rings. The minimum atomic E-state index is -3.72. The Kier molecular flexibility index (Phi) is 6.14. The highest BCUT2D eigenvalue weighted by Gasteiger charge is 2.31. The van der Waals surface area contributed by atoms with Gasteiger partial charge in [0.1, 0.15) is 11.9 Å². The molecule has 11 heteroatoms. The molecule has 0 aromatic heterocycles. The number of aliphatic imine (C=N–C) groups is 1. The summed E-state index contributed by atoms with van der Waals surface area (Å²) in [6.07, 6.45) is 1.29. The summed E-state index contributed by atoms with van der Waals surface area (Å²) >= 11 is 0. The van der Waals surface area contributed by atoms with E-state index in [9.17, 15) is 22.8 Å². The lowest BCUT2D eigenvalue weighted by atomic mass is 10.2. The average molecular weight is 471 g/mol. The summed E-state index contributed by atoms with van der Waals surface area (Å²) in [6, 6.07) is 12.1. The second kappa shape index (κ2) is 9.02. The predicted molar refractivity (Wildman–Crippen MR) is 120 cm³/mol. The molecule has 1 fully saturated rings. The van der Waals surface area contributed by atoms with Gasteiger partial charge in [-0.15, -0.1) is 0 Å². The number of nitrogens with one attached hydrogen (secondary N) is 2. The lowest BCUT2D eigenvalue weighted by Gasteiger charge is -2.16. The molecule has 33 heavy (non-hydrogen) atoms. The number of fused-ring (bicyclic) bond motifs is 1. The molecule has 2 aliphatic heterocycles. The Bertz CT molecular complexity index is 1260. The molecule has 172 valence electrons. The Morgan fingerprint density at radius 2 is 2.00 bits per heavy atom. The Labute approximate surface area is 190 Å². The SMILES string of the molecule is C[C@H](N=C1NS(=O)(=O)c2ccccc21)C(=O)OCC(=O)Nc1cccc(N2CCCC2=O)c1. The maximum absolute atomic E-state index is 12.3. The molecule has 0 radical (unpaired) electrons. The van der Waals surface area contributed by atoms with Crippen LogP contribution in [0.15, 0.2) is 58.4 Å². The van der Waals surface area contributed by atoms with Crippen molar-refractivity contribution in [2.75, 3.05) is 23.4 Å². The van der Waals surface area contributed by atoms with Crippen molar-refractivity contribution >= 4 is 45.0 Å². The van der Waals surface area contributed by atoms with Crippen LogP contribution in [0.5, 0.6) is 0 Å². The fraction of sp³-hybridized carbons (Fsp3) is 0.273. The second-order valence-corrected chi connectivity index (χ2v) is 9.26. The number of ether oxygens (including phenoxy) is 1. The monoisotopic (exact) mass is 470 g/mol. The molecule has 2 aromatic carbocycles. The van der Waals surface area contributed by atoms with Crippen LogP contribution in [0.1, 0.15) is 25.3 Å². The number of nitrogens with zero attached hydrogens (tertiary/aromatic N) is 2. The van der Waals surface area contributed by atoms with E-state index in [4.69, 9.17) is 4.74 Å². The van der Waals surface area contributed by atoms with Gasteiger partial charge in [0.05, 0.1) is 4.90 Å². The van der Waals surface area contributed by atoms with Crippen LogP contribution < -0.4 is 14.9 Å². The van der Waals surface area contributed by atoms with E-state index in [1.807, 2.05) is 0 Å². The van der Waals surface area contributed by atoms with Crippen molar-refractivity contribution in [1.29, 1.82) is 0 Å². The van der Waals surface area contributed by atoms with Crippen LogP contribution in [0.2, 0.25) is 0 Å². The van der Waals surface area contributed by atoms with Gasteiger partial charge in [-0.05, 0) is 43.7 Å². The molecule has 4 rings (SSSR count). The molecule has 0 saturated carbocycles. The van der Waals surface area contributed by atoms with E-state index in [0.29, 0.717) is 29.9 Å². The first-order chi connectivity index (χ1) is 15.7. The molecular formula is C22H22N4O6S. The highest BCUT2D eigenvalue weighted by Crippen LogP contribution is 2.24. The molecule has 2 aliphatic rings. The minimum absolute atomic E-state index is 0.0372. The normalized spacial score (nSPS) is 18.5. The molecular weight excluding hydrogens is 448 g/mol. The van der Waals surface area contributed by atoms with Crippen molar-refractivity contribution in [3.05, 3.63) is 54.1 Å². The molecule has 0 bridgehead atoms. The first-order valence-corrected chi connectivity index (χ1v) is 11.8. The number of benzene rings is 2. The van der Waals surface area contributed by atoms with Crippen molar-refractivity contribution in [1.82, 2.24) is 4.72 Å². The van der Waals surface area contributed by atoms with Crippen molar-refractivity contribution in [2.45, 2.75) is 30.7 Å². The Hall–Kier alpha value is -3.73. The largest absolute Gasteiger partial charge is 0.454 e. The van der Waals surface area contributed by atoms with Gasteiger partial charge in [-0.2, -0.15) is 0 Å². The van der Waals surface area contributed by atoms with E-state index >= 15 is 0 Å². The third-order valence-electron chi connectivity index (χ3n) is 5.19. The maximum atomic E-state index is 12.3. The summed E-state index contributed by atoms with van der Waals surface area (Å²) < 4.78 is 31.6. The molecule has 0 spiro atoms. The van der Waals surface area contributed by atoms with Gasteiger partial charge in [0.2, 0.25) is 5.91 Å². The van der Waals surface area contributed by atoms with E-state index < -0.39 is 34.5 Å². The first kappa shape index (κ1) is 22.5. The lowest BCUT2D eigenvalue weighted by Crippen LogP contribution is -2.29. The summed E-state index contributed by atoms with van der Waals surface area (Å²) in [7, 11) is -3.72. The zero-order chi connectivity index (χ0) is 23.6. The van der Waals surface area contributed by atoms with Crippen LogP contribution in [0, 0.1) is 0 Å². The zero-order valence-corrected chi connectivity index (χ0v) is 18.6. The molecule has 0 unspecified atom stereocenters. The molecule has 0 aliphatic carbocycles. The third-order valence-corrected chi connectivity index (χ3v) is 6.58. The summed E-state index contributed by atoms with van der Waals surface area (Å²) in [5.41, 5.74) is 1.53. The summed E-state index contributed by atoms with van der Waals surface area (Å²) in [6.45, 7) is 1.54. The van der Waals surface area contributed by atoms with E-state index in [0.717, 1.165) is 6.42 Å². The van der Waals surface area contributed by atoms with Crippen LogP contribution in [0.25, 0.3) is 0 Å². The van der Waals surface area contributed by atoms with Gasteiger partial charge < -0.3 is 15.0 Å². The number of carbonyl (C=O) groups is 3. The number of sulfonamides is 1. The van der Waals surface area contributed by atoms with Crippen LogP contribution in [0.3, 0.4) is 0 Å². The van der Waals surface area contributed by atoms with E-state index in [2.05, 4.69) is 15.0 Å². The average Bonchev–Trinajstić information content (AvgIpc) is 3.33. The third kappa shape index (κ3) is 4.87. The molecule has 2 amide bonds. The maximum Gasteiger partial charge on any atom is 0.331 e. The van der Waals surface area contributed by atoms with Gasteiger partial charge in [0, 0.05) is 29.9 Å². The van der Waals surface area contributed by atoms with E-state index in [1.165, 1.54) is 13.0 Å². The fourth-order valence-electron chi connectivity index (χ4n) is 3.60. The molecule has 2 heterocycles. The fourth-order valence-corrected chi connectivity index (χ4v) is 4.84. The minimum Gasteiger partial charge on any atom is -0.454 e. The van der Waals surface area contributed by atoms with Gasteiger partial charge in [0.15, 0.2) is 6.61 Å². The molecule has 1 saturated heterocycles.